The Labute approximate surface area is 130 Å². The van der Waals surface area contributed by atoms with Gasteiger partial charge in [-0.2, -0.15) is 0 Å². The average Bonchev–Trinajstić information content (AvgIpc) is 2.88. The van der Waals surface area contributed by atoms with Gasteiger partial charge in [-0.3, -0.25) is 10.1 Å². The second-order valence-corrected chi connectivity index (χ2v) is 5.04. The fraction of sp³-hybridized carbons (Fsp3) is 0.385. The molecule has 0 spiro atoms. The molecule has 7 nitrogen and oxygen atoms in total. The summed E-state index contributed by atoms with van der Waals surface area (Å²) < 4.78 is 6.98. The highest BCUT2D eigenvalue weighted by atomic mass is 79.9. The van der Waals surface area contributed by atoms with Crippen molar-refractivity contribution in [3.8, 4) is 11.4 Å². The summed E-state index contributed by atoms with van der Waals surface area (Å²) in [5, 5.41) is 19.9. The number of aryl methyl sites for hydroxylation is 1. The highest BCUT2D eigenvalue weighted by Crippen LogP contribution is 2.26. The number of halogens is 1. The summed E-state index contributed by atoms with van der Waals surface area (Å²) >= 11 is 3.36. The second kappa shape index (κ2) is 6.77. The predicted octanol–water partition coefficient (Wildman–Crippen LogP) is 2.70. The Kier molecular flexibility index (Phi) is 5.03. The Morgan fingerprint density at radius 3 is 2.81 bits per heavy atom. The van der Waals surface area contributed by atoms with Crippen molar-refractivity contribution in [1.82, 2.24) is 14.8 Å². The number of hydrogen-bond donors (Lipinski definition) is 0. The van der Waals surface area contributed by atoms with E-state index in [-0.39, 0.29) is 10.6 Å². The summed E-state index contributed by atoms with van der Waals surface area (Å²) in [6.07, 6.45) is 0. The van der Waals surface area contributed by atoms with Gasteiger partial charge in [-0.1, -0.05) is 28.1 Å². The molecule has 0 aliphatic heterocycles. The first-order valence-corrected chi connectivity index (χ1v) is 7.43. The van der Waals surface area contributed by atoms with E-state index < -0.39 is 0 Å². The standard InChI is InChI=1S/C13H15BrN4O3/c1-9-3-4-10(7-11(9)18(19)20)13-16-15-12(8-14)17(13)5-6-21-2/h3-4,7H,5-6,8H2,1-2H3. The molecular weight excluding hydrogens is 340 g/mol. The van der Waals surface area contributed by atoms with Crippen LogP contribution in [0.4, 0.5) is 5.69 Å². The predicted molar refractivity (Wildman–Crippen MR) is 81.4 cm³/mol. The second-order valence-electron chi connectivity index (χ2n) is 4.48. The zero-order chi connectivity index (χ0) is 15.4. The third-order valence-corrected chi connectivity index (χ3v) is 3.63. The number of rotatable bonds is 6. The minimum absolute atomic E-state index is 0.0779. The molecule has 0 aliphatic rings. The van der Waals surface area contributed by atoms with Crippen LogP contribution >= 0.6 is 15.9 Å². The Hall–Kier alpha value is -1.80. The van der Waals surface area contributed by atoms with E-state index >= 15 is 0 Å². The average molecular weight is 355 g/mol. The maximum Gasteiger partial charge on any atom is 0.273 e. The molecule has 2 aromatic rings. The third-order valence-electron chi connectivity index (χ3n) is 3.13. The van der Waals surface area contributed by atoms with E-state index in [9.17, 15) is 10.1 Å². The van der Waals surface area contributed by atoms with E-state index in [1.165, 1.54) is 6.07 Å². The van der Waals surface area contributed by atoms with E-state index in [0.717, 1.165) is 5.82 Å². The van der Waals surface area contributed by atoms with Gasteiger partial charge in [0.15, 0.2) is 5.82 Å². The minimum atomic E-state index is -0.389. The molecule has 0 radical (unpaired) electrons. The highest BCUT2D eigenvalue weighted by molar-refractivity contribution is 9.08. The van der Waals surface area contributed by atoms with Crippen LogP contribution in [0, 0.1) is 17.0 Å². The number of aromatic nitrogens is 3. The van der Waals surface area contributed by atoms with Gasteiger partial charge in [0.2, 0.25) is 0 Å². The number of nitro groups is 1. The lowest BCUT2D eigenvalue weighted by Gasteiger charge is -2.09. The van der Waals surface area contributed by atoms with Crippen molar-refractivity contribution >= 4 is 21.6 Å². The maximum atomic E-state index is 11.1. The molecule has 1 heterocycles. The Morgan fingerprint density at radius 1 is 1.43 bits per heavy atom. The molecule has 8 heteroatoms. The molecular formula is C13H15BrN4O3. The fourth-order valence-corrected chi connectivity index (χ4v) is 2.43. The summed E-state index contributed by atoms with van der Waals surface area (Å²) in [5.41, 5.74) is 1.37. The SMILES string of the molecule is COCCn1c(CBr)nnc1-c1ccc(C)c([N+](=O)[O-])c1. The van der Waals surface area contributed by atoms with Crippen molar-refractivity contribution in [2.24, 2.45) is 0 Å². The van der Waals surface area contributed by atoms with Crippen LogP contribution in [0.5, 0.6) is 0 Å². The van der Waals surface area contributed by atoms with E-state index in [1.54, 1.807) is 20.1 Å². The third kappa shape index (κ3) is 3.27. The molecule has 2 rings (SSSR count). The van der Waals surface area contributed by atoms with E-state index in [2.05, 4.69) is 26.1 Å². The van der Waals surface area contributed by atoms with E-state index in [1.807, 2.05) is 10.6 Å². The first-order valence-electron chi connectivity index (χ1n) is 6.31. The fourth-order valence-electron chi connectivity index (χ4n) is 2.01. The largest absolute Gasteiger partial charge is 0.383 e. The molecule has 112 valence electrons. The topological polar surface area (TPSA) is 83.1 Å². The molecule has 0 saturated carbocycles. The van der Waals surface area contributed by atoms with Gasteiger partial charge in [0, 0.05) is 30.8 Å². The van der Waals surface area contributed by atoms with Crippen molar-refractivity contribution in [3.05, 3.63) is 39.7 Å². The van der Waals surface area contributed by atoms with Gasteiger partial charge in [-0.25, -0.2) is 0 Å². The van der Waals surface area contributed by atoms with Crippen LogP contribution in [0.15, 0.2) is 18.2 Å². The summed E-state index contributed by atoms with van der Waals surface area (Å²) in [7, 11) is 1.62. The molecule has 21 heavy (non-hydrogen) atoms. The van der Waals surface area contributed by atoms with Crippen molar-refractivity contribution < 1.29 is 9.66 Å². The van der Waals surface area contributed by atoms with Gasteiger partial charge < -0.3 is 9.30 Å². The molecule has 0 aliphatic carbocycles. The summed E-state index contributed by atoms with van der Waals surface area (Å²) in [6, 6.07) is 5.06. The van der Waals surface area contributed by atoms with Gasteiger partial charge in [-0.15, -0.1) is 10.2 Å². The highest BCUT2D eigenvalue weighted by Gasteiger charge is 2.17. The molecule has 0 atom stereocenters. The summed E-state index contributed by atoms with van der Waals surface area (Å²) in [6.45, 7) is 2.81. The van der Waals surface area contributed by atoms with E-state index in [4.69, 9.17) is 4.74 Å². The molecule has 0 saturated heterocycles. The first-order chi connectivity index (χ1) is 10.1. The van der Waals surface area contributed by atoms with Crippen molar-refractivity contribution in [2.75, 3.05) is 13.7 Å². The van der Waals surface area contributed by atoms with E-state index in [0.29, 0.717) is 35.4 Å². The van der Waals surface area contributed by atoms with Crippen LogP contribution in [-0.4, -0.2) is 33.4 Å². The van der Waals surface area contributed by atoms with Crippen LogP contribution in [0.1, 0.15) is 11.4 Å². The van der Waals surface area contributed by atoms with Crippen LogP contribution in [-0.2, 0) is 16.6 Å². The summed E-state index contributed by atoms with van der Waals surface area (Å²) in [5.74, 6) is 1.36. The van der Waals surface area contributed by atoms with Crippen molar-refractivity contribution in [1.29, 1.82) is 0 Å². The molecule has 0 amide bonds. The lowest BCUT2D eigenvalue weighted by atomic mass is 10.1. The van der Waals surface area contributed by atoms with Crippen molar-refractivity contribution in [2.45, 2.75) is 18.8 Å². The van der Waals surface area contributed by atoms with Gasteiger partial charge in [0.05, 0.1) is 16.9 Å². The molecule has 0 unspecified atom stereocenters. The Bertz CT molecular complexity index is 657. The number of methoxy groups -OCH3 is 1. The Morgan fingerprint density at radius 2 is 2.19 bits per heavy atom. The van der Waals surface area contributed by atoms with Gasteiger partial charge >= 0.3 is 0 Å². The number of alkyl halides is 1. The van der Waals surface area contributed by atoms with Crippen LogP contribution in [0.25, 0.3) is 11.4 Å². The number of nitro benzene ring substituents is 1. The number of benzene rings is 1. The molecule has 1 aromatic carbocycles. The van der Waals surface area contributed by atoms with Crippen LogP contribution in [0.3, 0.4) is 0 Å². The molecule has 0 bridgehead atoms. The van der Waals surface area contributed by atoms with Crippen LogP contribution in [0.2, 0.25) is 0 Å². The zero-order valence-corrected chi connectivity index (χ0v) is 13.3. The zero-order valence-electron chi connectivity index (χ0n) is 11.7. The lowest BCUT2D eigenvalue weighted by Crippen LogP contribution is -2.09. The number of hydrogen-bond acceptors (Lipinski definition) is 5. The number of ether oxygens (including phenoxy) is 1. The van der Waals surface area contributed by atoms with Gasteiger partial charge in [-0.05, 0) is 6.92 Å². The van der Waals surface area contributed by atoms with Crippen molar-refractivity contribution in [3.63, 3.8) is 0 Å². The molecule has 0 fully saturated rings. The van der Waals surface area contributed by atoms with Crippen LogP contribution < -0.4 is 0 Å². The molecule has 0 N–H and O–H groups in total. The minimum Gasteiger partial charge on any atom is -0.383 e. The van der Waals surface area contributed by atoms with Gasteiger partial charge in [0.25, 0.3) is 5.69 Å². The normalized spacial score (nSPS) is 10.8. The quantitative estimate of drug-likeness (QED) is 0.452. The monoisotopic (exact) mass is 354 g/mol. The lowest BCUT2D eigenvalue weighted by molar-refractivity contribution is -0.385. The first kappa shape index (κ1) is 15.6. The smallest absolute Gasteiger partial charge is 0.273 e. The maximum absolute atomic E-state index is 11.1. The van der Waals surface area contributed by atoms with Gasteiger partial charge in [0.1, 0.15) is 5.82 Å². The number of nitrogens with zero attached hydrogens (tertiary/aromatic N) is 4. The molecule has 1 aromatic heterocycles. The summed E-state index contributed by atoms with van der Waals surface area (Å²) in [4.78, 5) is 10.7. The Balaban J connectivity index is 2.48.